The molecule has 20 heavy (non-hydrogen) atoms. The monoisotopic (exact) mass is 288 g/mol. The Balaban J connectivity index is 2.31. The average molecular weight is 288 g/mol. The van der Waals surface area contributed by atoms with E-state index in [2.05, 4.69) is 13.8 Å². The summed E-state index contributed by atoms with van der Waals surface area (Å²) >= 11 is 0. The van der Waals surface area contributed by atoms with E-state index < -0.39 is 9.84 Å². The summed E-state index contributed by atoms with van der Waals surface area (Å²) in [5.41, 5.74) is 2.03. The third-order valence-corrected chi connectivity index (χ3v) is 4.88. The van der Waals surface area contributed by atoms with Crippen LogP contribution in [0.3, 0.4) is 0 Å². The summed E-state index contributed by atoms with van der Waals surface area (Å²) < 4.78 is 24.9. The Morgan fingerprint density at radius 1 is 0.850 bits per heavy atom. The number of rotatable bonds is 5. The van der Waals surface area contributed by atoms with Crippen molar-refractivity contribution >= 4 is 9.84 Å². The van der Waals surface area contributed by atoms with Gasteiger partial charge >= 0.3 is 0 Å². The van der Waals surface area contributed by atoms with E-state index in [9.17, 15) is 8.42 Å². The molecular formula is C17H20O2S. The fraction of sp³-hybridized carbons (Fsp3) is 0.294. The van der Waals surface area contributed by atoms with Crippen LogP contribution < -0.4 is 0 Å². The van der Waals surface area contributed by atoms with Crippen molar-refractivity contribution in [2.75, 3.05) is 0 Å². The summed E-state index contributed by atoms with van der Waals surface area (Å²) in [7, 11) is -3.27. The second-order valence-corrected chi connectivity index (χ2v) is 7.43. The Bertz CT molecular complexity index is 658. The van der Waals surface area contributed by atoms with Gasteiger partial charge in [0, 0.05) is 0 Å². The Labute approximate surface area is 121 Å². The van der Waals surface area contributed by atoms with Gasteiger partial charge in [-0.2, -0.15) is 0 Å². The average Bonchev–Trinajstić information content (AvgIpc) is 2.41. The van der Waals surface area contributed by atoms with Crippen LogP contribution in [-0.4, -0.2) is 8.42 Å². The van der Waals surface area contributed by atoms with Crippen molar-refractivity contribution < 1.29 is 8.42 Å². The molecule has 106 valence electrons. The van der Waals surface area contributed by atoms with Crippen LogP contribution in [0.25, 0.3) is 0 Å². The molecule has 2 rings (SSSR count). The Morgan fingerprint density at radius 2 is 1.40 bits per heavy atom. The van der Waals surface area contributed by atoms with Gasteiger partial charge in [0.2, 0.25) is 0 Å². The minimum absolute atomic E-state index is 0.0694. The number of hydrogen-bond donors (Lipinski definition) is 0. The molecule has 0 heterocycles. The van der Waals surface area contributed by atoms with Gasteiger partial charge in [-0.25, -0.2) is 8.42 Å². The predicted molar refractivity (Wildman–Crippen MR) is 82.3 cm³/mol. The molecule has 0 aliphatic heterocycles. The van der Waals surface area contributed by atoms with Crippen LogP contribution in [-0.2, 0) is 22.0 Å². The Kier molecular flexibility index (Phi) is 4.61. The van der Waals surface area contributed by atoms with Crippen molar-refractivity contribution in [3.63, 3.8) is 0 Å². The molecule has 0 amide bonds. The summed E-state index contributed by atoms with van der Waals surface area (Å²) in [4.78, 5) is 0.388. The lowest BCUT2D eigenvalue weighted by Gasteiger charge is -2.12. The molecule has 0 fully saturated rings. The predicted octanol–water partition coefficient (Wildman–Crippen LogP) is 3.86. The summed E-state index contributed by atoms with van der Waals surface area (Å²) in [5, 5.41) is 0. The minimum Gasteiger partial charge on any atom is -0.223 e. The molecule has 0 atom stereocenters. The molecule has 0 aromatic heterocycles. The number of sulfone groups is 1. The van der Waals surface area contributed by atoms with Crippen LogP contribution in [0.2, 0.25) is 0 Å². The second-order valence-electron chi connectivity index (χ2n) is 5.44. The maximum absolute atomic E-state index is 12.4. The molecule has 0 radical (unpaired) electrons. The molecular weight excluding hydrogens is 268 g/mol. The Hall–Kier alpha value is -1.61. The molecule has 0 aliphatic carbocycles. The van der Waals surface area contributed by atoms with Crippen molar-refractivity contribution in [3.8, 4) is 0 Å². The minimum atomic E-state index is -3.27. The van der Waals surface area contributed by atoms with E-state index in [-0.39, 0.29) is 5.75 Å². The highest BCUT2D eigenvalue weighted by Gasteiger charge is 2.17. The first-order valence-corrected chi connectivity index (χ1v) is 8.49. The van der Waals surface area contributed by atoms with Gasteiger partial charge in [0.15, 0.2) is 9.84 Å². The highest BCUT2D eigenvalue weighted by atomic mass is 32.2. The molecule has 0 saturated heterocycles. The van der Waals surface area contributed by atoms with Crippen LogP contribution in [0.4, 0.5) is 0 Å². The van der Waals surface area contributed by atoms with E-state index in [4.69, 9.17) is 0 Å². The lowest BCUT2D eigenvalue weighted by atomic mass is 9.99. The van der Waals surface area contributed by atoms with Crippen molar-refractivity contribution in [1.29, 1.82) is 0 Å². The fourth-order valence-corrected chi connectivity index (χ4v) is 3.68. The van der Waals surface area contributed by atoms with Gasteiger partial charge in [-0.1, -0.05) is 56.3 Å². The van der Waals surface area contributed by atoms with E-state index in [1.165, 1.54) is 0 Å². The van der Waals surface area contributed by atoms with Crippen LogP contribution in [0.1, 0.15) is 25.0 Å². The first-order valence-electron chi connectivity index (χ1n) is 6.83. The molecule has 2 aromatic rings. The van der Waals surface area contributed by atoms with E-state index in [0.29, 0.717) is 10.8 Å². The lowest BCUT2D eigenvalue weighted by Crippen LogP contribution is -2.08. The maximum Gasteiger partial charge on any atom is 0.182 e. The molecule has 2 aromatic carbocycles. The maximum atomic E-state index is 12.4. The quantitative estimate of drug-likeness (QED) is 0.837. The number of hydrogen-bond acceptors (Lipinski definition) is 2. The van der Waals surface area contributed by atoms with Crippen molar-refractivity contribution in [2.24, 2.45) is 5.92 Å². The van der Waals surface area contributed by atoms with Gasteiger partial charge in [0.25, 0.3) is 0 Å². The van der Waals surface area contributed by atoms with E-state index in [1.54, 1.807) is 24.3 Å². The smallest absolute Gasteiger partial charge is 0.182 e. The lowest BCUT2D eigenvalue weighted by molar-refractivity contribution is 0.594. The standard InChI is InChI=1S/C17H20O2S/c1-14(2)12-15-8-6-7-9-16(15)13-20(18,19)17-10-4-3-5-11-17/h3-11,14H,12-13H2,1-2H3. The van der Waals surface area contributed by atoms with E-state index in [1.807, 2.05) is 30.3 Å². The fourth-order valence-electron chi connectivity index (χ4n) is 2.25. The van der Waals surface area contributed by atoms with Crippen molar-refractivity contribution in [2.45, 2.75) is 30.9 Å². The van der Waals surface area contributed by atoms with Gasteiger partial charge in [0.05, 0.1) is 10.6 Å². The summed E-state index contributed by atoms with van der Waals surface area (Å²) in [6.45, 7) is 4.28. The summed E-state index contributed by atoms with van der Waals surface area (Å²) in [5.74, 6) is 0.579. The van der Waals surface area contributed by atoms with Gasteiger partial charge in [-0.05, 0) is 35.6 Å². The molecule has 2 nitrogen and oxygen atoms in total. The first kappa shape index (κ1) is 14.8. The van der Waals surface area contributed by atoms with Crippen LogP contribution in [0, 0.1) is 5.92 Å². The largest absolute Gasteiger partial charge is 0.223 e. The number of benzene rings is 2. The third kappa shape index (κ3) is 3.70. The zero-order valence-electron chi connectivity index (χ0n) is 11.9. The van der Waals surface area contributed by atoms with Crippen LogP contribution >= 0.6 is 0 Å². The molecule has 0 N–H and O–H groups in total. The van der Waals surface area contributed by atoms with Crippen molar-refractivity contribution in [1.82, 2.24) is 0 Å². The van der Waals surface area contributed by atoms with Gasteiger partial charge in [-0.15, -0.1) is 0 Å². The molecule has 0 spiro atoms. The van der Waals surface area contributed by atoms with Crippen LogP contribution in [0.5, 0.6) is 0 Å². The second kappa shape index (κ2) is 6.23. The molecule has 0 aliphatic rings. The molecule has 0 bridgehead atoms. The van der Waals surface area contributed by atoms with Gasteiger partial charge in [0.1, 0.15) is 0 Å². The SMILES string of the molecule is CC(C)Cc1ccccc1CS(=O)(=O)c1ccccc1. The molecule has 3 heteroatoms. The summed E-state index contributed by atoms with van der Waals surface area (Å²) in [6, 6.07) is 16.5. The zero-order valence-corrected chi connectivity index (χ0v) is 12.7. The van der Waals surface area contributed by atoms with Crippen molar-refractivity contribution in [3.05, 3.63) is 65.7 Å². The topological polar surface area (TPSA) is 34.1 Å². The van der Waals surface area contributed by atoms with E-state index >= 15 is 0 Å². The van der Waals surface area contributed by atoms with E-state index in [0.717, 1.165) is 17.5 Å². The molecule has 0 saturated carbocycles. The normalized spacial score (nSPS) is 11.8. The van der Waals surface area contributed by atoms with Gasteiger partial charge < -0.3 is 0 Å². The molecule has 0 unspecified atom stereocenters. The zero-order chi connectivity index (χ0) is 14.6. The third-order valence-electron chi connectivity index (χ3n) is 3.19. The highest BCUT2D eigenvalue weighted by molar-refractivity contribution is 7.90. The Morgan fingerprint density at radius 3 is 2.00 bits per heavy atom. The summed E-state index contributed by atoms with van der Waals surface area (Å²) in [6.07, 6.45) is 0.903. The van der Waals surface area contributed by atoms with Crippen LogP contribution in [0.15, 0.2) is 59.5 Å². The highest BCUT2D eigenvalue weighted by Crippen LogP contribution is 2.20. The van der Waals surface area contributed by atoms with Gasteiger partial charge in [-0.3, -0.25) is 0 Å². The first-order chi connectivity index (χ1) is 9.49.